The topological polar surface area (TPSA) is 74.3 Å². The van der Waals surface area contributed by atoms with Crippen molar-refractivity contribution in [2.75, 3.05) is 25.0 Å². The van der Waals surface area contributed by atoms with Crippen LogP contribution in [0.1, 0.15) is 11.9 Å². The Morgan fingerprint density at radius 3 is 3.05 bits per heavy atom. The van der Waals surface area contributed by atoms with Crippen molar-refractivity contribution < 1.29 is 9.59 Å². The maximum atomic E-state index is 12.3. The van der Waals surface area contributed by atoms with Gasteiger partial charge in [0.15, 0.2) is 0 Å². The van der Waals surface area contributed by atoms with Gasteiger partial charge in [-0.1, -0.05) is 0 Å². The first-order chi connectivity index (χ1) is 10.5. The number of benzene rings is 1. The van der Waals surface area contributed by atoms with Crippen molar-refractivity contribution in [3.05, 3.63) is 23.2 Å². The number of anilines is 1. The molecule has 0 bridgehead atoms. The lowest BCUT2D eigenvalue weighted by atomic mass is 10.2. The van der Waals surface area contributed by atoms with Gasteiger partial charge in [-0.2, -0.15) is 0 Å². The number of piperazine rings is 1. The highest BCUT2D eigenvalue weighted by molar-refractivity contribution is 7.18. The number of carbonyl (C=O) groups excluding carboxylic acids is 2. The van der Waals surface area contributed by atoms with Crippen LogP contribution in [0.5, 0.6) is 0 Å². The number of hydrogen-bond acceptors (Lipinski definition) is 5. The predicted octanol–water partition coefficient (Wildman–Crippen LogP) is 1.36. The average molecular weight is 318 g/mol. The molecule has 2 heterocycles. The second-order valence-corrected chi connectivity index (χ2v) is 6.61. The summed E-state index contributed by atoms with van der Waals surface area (Å²) in [5, 5.41) is 7.05. The summed E-state index contributed by atoms with van der Waals surface area (Å²) in [5.74, 6) is -0.129. The zero-order valence-electron chi connectivity index (χ0n) is 12.5. The molecule has 6 nitrogen and oxygen atoms in total. The van der Waals surface area contributed by atoms with Gasteiger partial charge in [0.05, 0.1) is 15.2 Å². The van der Waals surface area contributed by atoms with Crippen LogP contribution in [0.15, 0.2) is 18.2 Å². The summed E-state index contributed by atoms with van der Waals surface area (Å²) in [5.41, 5.74) is 1.62. The van der Waals surface area contributed by atoms with Crippen LogP contribution in [0.4, 0.5) is 5.69 Å². The molecule has 0 aliphatic carbocycles. The summed E-state index contributed by atoms with van der Waals surface area (Å²) in [4.78, 5) is 29.9. The summed E-state index contributed by atoms with van der Waals surface area (Å²) < 4.78 is 1.11. The van der Waals surface area contributed by atoms with Gasteiger partial charge in [-0.25, -0.2) is 4.98 Å². The zero-order chi connectivity index (χ0) is 15.7. The van der Waals surface area contributed by atoms with Crippen molar-refractivity contribution in [3.8, 4) is 0 Å². The Balaban J connectivity index is 1.70. The van der Waals surface area contributed by atoms with Gasteiger partial charge < -0.3 is 15.5 Å². The number of fused-ring (bicyclic) bond motifs is 1. The monoisotopic (exact) mass is 318 g/mol. The summed E-state index contributed by atoms with van der Waals surface area (Å²) in [6.07, 6.45) is 0. The van der Waals surface area contributed by atoms with Crippen molar-refractivity contribution in [2.45, 2.75) is 19.9 Å². The second kappa shape index (κ2) is 6.02. The van der Waals surface area contributed by atoms with Gasteiger partial charge in [0.2, 0.25) is 11.8 Å². The first-order valence-corrected chi connectivity index (χ1v) is 8.01. The van der Waals surface area contributed by atoms with E-state index in [1.54, 1.807) is 16.2 Å². The molecule has 1 aliphatic heterocycles. The molecule has 0 spiro atoms. The van der Waals surface area contributed by atoms with Crippen LogP contribution in [0.2, 0.25) is 0 Å². The van der Waals surface area contributed by atoms with E-state index in [-0.39, 0.29) is 17.9 Å². The van der Waals surface area contributed by atoms with Crippen molar-refractivity contribution in [2.24, 2.45) is 0 Å². The van der Waals surface area contributed by atoms with Crippen molar-refractivity contribution in [1.29, 1.82) is 0 Å². The summed E-state index contributed by atoms with van der Waals surface area (Å²) in [6.45, 7) is 5.16. The minimum Gasteiger partial charge on any atom is -0.340 e. The summed E-state index contributed by atoms with van der Waals surface area (Å²) in [7, 11) is 0. The van der Waals surface area contributed by atoms with Crippen LogP contribution in [0.3, 0.4) is 0 Å². The highest BCUT2D eigenvalue weighted by Gasteiger charge is 2.26. The first kappa shape index (κ1) is 14.9. The normalized spacial score (nSPS) is 18.5. The largest absolute Gasteiger partial charge is 0.340 e. The van der Waals surface area contributed by atoms with Crippen molar-refractivity contribution in [1.82, 2.24) is 15.2 Å². The Morgan fingerprint density at radius 1 is 1.45 bits per heavy atom. The van der Waals surface area contributed by atoms with Crippen LogP contribution < -0.4 is 10.6 Å². The third kappa shape index (κ3) is 3.10. The molecule has 1 fully saturated rings. The van der Waals surface area contributed by atoms with Crippen molar-refractivity contribution in [3.63, 3.8) is 0 Å². The molecule has 1 atom stereocenters. The Kier molecular flexibility index (Phi) is 4.08. The molecule has 2 aromatic rings. The molecule has 22 heavy (non-hydrogen) atoms. The van der Waals surface area contributed by atoms with Gasteiger partial charge in [-0.15, -0.1) is 11.3 Å². The number of hydrogen-bond donors (Lipinski definition) is 2. The third-order valence-electron chi connectivity index (χ3n) is 3.70. The molecular weight excluding hydrogens is 300 g/mol. The molecule has 7 heteroatoms. The molecule has 2 N–H and O–H groups in total. The SMILES string of the molecule is CC(=O)N1CCNC(C(=O)Nc2ccc3sc(C)nc3c2)C1. The number of nitrogens with one attached hydrogen (secondary N) is 2. The van der Waals surface area contributed by atoms with Gasteiger partial charge in [-0.05, 0) is 25.1 Å². The van der Waals surface area contributed by atoms with Crippen LogP contribution in [0.25, 0.3) is 10.2 Å². The smallest absolute Gasteiger partial charge is 0.243 e. The van der Waals surface area contributed by atoms with Crippen molar-refractivity contribution >= 4 is 39.1 Å². The number of carbonyl (C=O) groups is 2. The second-order valence-electron chi connectivity index (χ2n) is 5.38. The van der Waals surface area contributed by atoms with Gasteiger partial charge in [-0.3, -0.25) is 9.59 Å². The molecule has 0 radical (unpaired) electrons. The van der Waals surface area contributed by atoms with Crippen LogP contribution in [-0.2, 0) is 9.59 Å². The minimum absolute atomic E-state index is 0.00123. The standard InChI is InChI=1S/C15H18N4O2S/c1-9-17-12-7-11(3-4-14(12)22-9)18-15(21)13-8-19(10(2)20)6-5-16-13/h3-4,7,13,16H,5-6,8H2,1-2H3,(H,18,21). The number of aryl methyl sites for hydroxylation is 1. The van der Waals surface area contributed by atoms with Gasteiger partial charge in [0.25, 0.3) is 0 Å². The van der Waals surface area contributed by atoms with E-state index in [2.05, 4.69) is 15.6 Å². The Bertz CT molecular complexity index is 727. The fourth-order valence-corrected chi connectivity index (χ4v) is 3.37. The number of aromatic nitrogens is 1. The van der Waals surface area contributed by atoms with Crippen LogP contribution in [-0.4, -0.2) is 47.4 Å². The van der Waals surface area contributed by atoms with E-state index < -0.39 is 0 Å². The molecule has 1 saturated heterocycles. The highest BCUT2D eigenvalue weighted by Crippen LogP contribution is 2.24. The molecule has 116 valence electrons. The van der Waals surface area contributed by atoms with E-state index in [9.17, 15) is 9.59 Å². The number of amides is 2. The molecule has 3 rings (SSSR count). The van der Waals surface area contributed by atoms with E-state index in [4.69, 9.17) is 0 Å². The van der Waals surface area contributed by atoms with Crippen LogP contribution >= 0.6 is 11.3 Å². The molecule has 1 aromatic heterocycles. The van der Waals surface area contributed by atoms with E-state index in [1.165, 1.54) is 6.92 Å². The number of rotatable bonds is 2. The van der Waals surface area contributed by atoms with Gasteiger partial charge in [0.1, 0.15) is 6.04 Å². The lowest BCUT2D eigenvalue weighted by molar-refractivity contribution is -0.131. The maximum absolute atomic E-state index is 12.3. The predicted molar refractivity (Wildman–Crippen MR) is 87.0 cm³/mol. The fraction of sp³-hybridized carbons (Fsp3) is 0.400. The van der Waals surface area contributed by atoms with Crippen LogP contribution in [0, 0.1) is 6.92 Å². The lowest BCUT2D eigenvalue weighted by Crippen LogP contribution is -2.56. The van der Waals surface area contributed by atoms with E-state index in [1.807, 2.05) is 25.1 Å². The minimum atomic E-state index is -0.384. The van der Waals surface area contributed by atoms with E-state index in [0.29, 0.717) is 19.6 Å². The van der Waals surface area contributed by atoms with Gasteiger partial charge in [0, 0.05) is 32.2 Å². The quantitative estimate of drug-likeness (QED) is 0.877. The fourth-order valence-electron chi connectivity index (χ4n) is 2.56. The Hall–Kier alpha value is -1.99. The van der Waals surface area contributed by atoms with E-state index in [0.717, 1.165) is 20.9 Å². The first-order valence-electron chi connectivity index (χ1n) is 7.20. The molecule has 1 unspecified atom stereocenters. The number of thiazole rings is 1. The summed E-state index contributed by atoms with van der Waals surface area (Å²) >= 11 is 1.63. The lowest BCUT2D eigenvalue weighted by Gasteiger charge is -2.32. The maximum Gasteiger partial charge on any atom is 0.243 e. The molecule has 1 aromatic carbocycles. The zero-order valence-corrected chi connectivity index (χ0v) is 13.4. The molecule has 2 amide bonds. The third-order valence-corrected chi connectivity index (χ3v) is 4.65. The molecule has 1 aliphatic rings. The molecular formula is C15H18N4O2S. The Morgan fingerprint density at radius 2 is 2.27 bits per heavy atom. The highest BCUT2D eigenvalue weighted by atomic mass is 32.1. The average Bonchev–Trinajstić information content (AvgIpc) is 2.86. The van der Waals surface area contributed by atoms with E-state index >= 15 is 0 Å². The molecule has 0 saturated carbocycles. The van der Waals surface area contributed by atoms with Gasteiger partial charge >= 0.3 is 0 Å². The Labute approximate surface area is 132 Å². The number of nitrogens with zero attached hydrogens (tertiary/aromatic N) is 2. The summed E-state index contributed by atoms with van der Waals surface area (Å²) in [6, 6.07) is 5.34.